The van der Waals surface area contributed by atoms with Gasteiger partial charge in [0.25, 0.3) is 0 Å². The number of fused-ring (bicyclic) bond motifs is 1. The molecule has 1 aliphatic rings. The van der Waals surface area contributed by atoms with Gasteiger partial charge in [-0.15, -0.1) is 0 Å². The van der Waals surface area contributed by atoms with E-state index in [1.807, 2.05) is 0 Å². The van der Waals surface area contributed by atoms with E-state index in [9.17, 15) is 0 Å². The van der Waals surface area contributed by atoms with Crippen LogP contribution in [0.5, 0.6) is 0 Å². The summed E-state index contributed by atoms with van der Waals surface area (Å²) >= 11 is 6.38. The van der Waals surface area contributed by atoms with E-state index in [0.29, 0.717) is 6.04 Å². The van der Waals surface area contributed by atoms with Crippen LogP contribution in [0.4, 0.5) is 0 Å². The second-order valence-corrected chi connectivity index (χ2v) is 5.89. The van der Waals surface area contributed by atoms with Gasteiger partial charge in [0.05, 0.1) is 0 Å². The largest absolute Gasteiger partial charge is 0.328 e. The van der Waals surface area contributed by atoms with Gasteiger partial charge in [0.15, 0.2) is 0 Å². The number of nitrogens with two attached hydrogens (primary N) is 1. The first kappa shape index (κ1) is 13.9. The van der Waals surface area contributed by atoms with Crippen molar-refractivity contribution in [2.75, 3.05) is 0 Å². The minimum Gasteiger partial charge on any atom is -0.328 e. The Hall–Kier alpha value is -0.530. The Morgan fingerprint density at radius 3 is 2.56 bits per heavy atom. The Morgan fingerprint density at radius 1 is 1.22 bits per heavy atom. The summed E-state index contributed by atoms with van der Waals surface area (Å²) in [6.45, 7) is 2.15. The predicted molar refractivity (Wildman–Crippen MR) is 79.3 cm³/mol. The molecule has 0 aliphatic heterocycles. The van der Waals surface area contributed by atoms with Crippen LogP contribution in [-0.2, 0) is 19.3 Å². The Labute approximate surface area is 116 Å². The van der Waals surface area contributed by atoms with Gasteiger partial charge < -0.3 is 5.73 Å². The molecule has 100 valence electrons. The van der Waals surface area contributed by atoms with Crippen molar-refractivity contribution in [1.82, 2.24) is 0 Å². The molecule has 0 fully saturated rings. The minimum absolute atomic E-state index is 0.349. The molecule has 1 aliphatic carbocycles. The molecule has 2 heteroatoms. The fourth-order valence-electron chi connectivity index (χ4n) is 2.76. The molecule has 0 saturated heterocycles. The van der Waals surface area contributed by atoms with Crippen molar-refractivity contribution in [3.8, 4) is 0 Å². The quantitative estimate of drug-likeness (QED) is 0.845. The summed E-state index contributed by atoms with van der Waals surface area (Å²) in [6.07, 6.45) is 9.46. The van der Waals surface area contributed by atoms with Gasteiger partial charge in [0, 0.05) is 11.1 Å². The Balaban J connectivity index is 2.00. The smallest absolute Gasteiger partial charge is 0.0440 e. The van der Waals surface area contributed by atoms with E-state index in [2.05, 4.69) is 19.1 Å². The number of hydrogen-bond donors (Lipinski definition) is 1. The Kier molecular flexibility index (Phi) is 5.08. The van der Waals surface area contributed by atoms with Crippen molar-refractivity contribution in [2.45, 2.75) is 64.3 Å². The standard InChI is InChI=1S/C16H24ClN/c1-2-15(18)9-5-8-14-10-12-6-3-4-7-13(12)11-16(14)17/h10-11,15H,2-9,18H2,1H3. The molecule has 1 atom stereocenters. The number of aryl methyl sites for hydroxylation is 3. The van der Waals surface area contributed by atoms with Crippen LogP contribution in [0.2, 0.25) is 5.02 Å². The summed E-state index contributed by atoms with van der Waals surface area (Å²) in [6, 6.07) is 4.89. The van der Waals surface area contributed by atoms with Gasteiger partial charge in [-0.25, -0.2) is 0 Å². The second-order valence-electron chi connectivity index (χ2n) is 5.48. The molecule has 0 amide bonds. The zero-order chi connectivity index (χ0) is 13.0. The highest BCUT2D eigenvalue weighted by molar-refractivity contribution is 6.31. The molecule has 1 aromatic carbocycles. The number of halogens is 1. The summed E-state index contributed by atoms with van der Waals surface area (Å²) in [5.41, 5.74) is 10.3. The normalized spacial score (nSPS) is 16.4. The van der Waals surface area contributed by atoms with Crippen LogP contribution < -0.4 is 5.73 Å². The summed E-state index contributed by atoms with van der Waals surface area (Å²) < 4.78 is 0. The van der Waals surface area contributed by atoms with Gasteiger partial charge in [-0.1, -0.05) is 24.6 Å². The third-order valence-electron chi connectivity index (χ3n) is 4.06. The highest BCUT2D eigenvalue weighted by Crippen LogP contribution is 2.28. The molecular weight excluding hydrogens is 242 g/mol. The van der Waals surface area contributed by atoms with E-state index in [1.165, 1.54) is 42.4 Å². The maximum atomic E-state index is 6.38. The first-order valence-corrected chi connectivity index (χ1v) is 7.64. The fraction of sp³-hybridized carbons (Fsp3) is 0.625. The molecule has 2 rings (SSSR count). The van der Waals surface area contributed by atoms with Crippen LogP contribution in [0.1, 0.15) is 55.7 Å². The lowest BCUT2D eigenvalue weighted by Crippen LogP contribution is -2.18. The Bertz CT molecular complexity index is 400. The summed E-state index contributed by atoms with van der Waals surface area (Å²) in [4.78, 5) is 0. The number of benzene rings is 1. The van der Waals surface area contributed by atoms with Crippen molar-refractivity contribution < 1.29 is 0 Å². The first-order chi connectivity index (χ1) is 8.70. The van der Waals surface area contributed by atoms with Crippen molar-refractivity contribution in [1.29, 1.82) is 0 Å². The molecule has 0 heterocycles. The van der Waals surface area contributed by atoms with Crippen molar-refractivity contribution in [3.05, 3.63) is 33.8 Å². The lowest BCUT2D eigenvalue weighted by Gasteiger charge is -2.18. The highest BCUT2D eigenvalue weighted by Gasteiger charge is 2.12. The average molecular weight is 266 g/mol. The van der Waals surface area contributed by atoms with Gasteiger partial charge in [0.2, 0.25) is 0 Å². The SMILES string of the molecule is CCC(N)CCCc1cc2c(cc1Cl)CCCC2. The first-order valence-electron chi connectivity index (χ1n) is 7.26. The van der Waals surface area contributed by atoms with Gasteiger partial charge in [-0.3, -0.25) is 0 Å². The monoisotopic (exact) mass is 265 g/mol. The predicted octanol–water partition coefficient (Wildman–Crippen LogP) is 4.28. The summed E-state index contributed by atoms with van der Waals surface area (Å²) in [7, 11) is 0. The van der Waals surface area contributed by atoms with Crippen LogP contribution in [0.3, 0.4) is 0 Å². The highest BCUT2D eigenvalue weighted by atomic mass is 35.5. The fourth-order valence-corrected chi connectivity index (χ4v) is 3.04. The zero-order valence-corrected chi connectivity index (χ0v) is 12.1. The van der Waals surface area contributed by atoms with Crippen LogP contribution in [0.25, 0.3) is 0 Å². The van der Waals surface area contributed by atoms with Crippen molar-refractivity contribution in [3.63, 3.8) is 0 Å². The average Bonchev–Trinajstić information content (AvgIpc) is 2.39. The third kappa shape index (κ3) is 3.49. The minimum atomic E-state index is 0.349. The van der Waals surface area contributed by atoms with E-state index in [-0.39, 0.29) is 0 Å². The zero-order valence-electron chi connectivity index (χ0n) is 11.3. The van der Waals surface area contributed by atoms with E-state index in [4.69, 9.17) is 17.3 Å². The molecule has 0 bridgehead atoms. The topological polar surface area (TPSA) is 26.0 Å². The van der Waals surface area contributed by atoms with Gasteiger partial charge in [0.1, 0.15) is 0 Å². The Morgan fingerprint density at radius 2 is 1.89 bits per heavy atom. The lowest BCUT2D eigenvalue weighted by atomic mass is 9.89. The summed E-state index contributed by atoms with van der Waals surface area (Å²) in [5.74, 6) is 0. The lowest BCUT2D eigenvalue weighted by molar-refractivity contribution is 0.568. The van der Waals surface area contributed by atoms with E-state index in [0.717, 1.165) is 30.7 Å². The van der Waals surface area contributed by atoms with Crippen molar-refractivity contribution in [2.24, 2.45) is 5.73 Å². The van der Waals surface area contributed by atoms with Crippen LogP contribution in [0.15, 0.2) is 12.1 Å². The maximum Gasteiger partial charge on any atom is 0.0440 e. The molecule has 2 N–H and O–H groups in total. The van der Waals surface area contributed by atoms with E-state index < -0.39 is 0 Å². The molecule has 0 aromatic heterocycles. The van der Waals surface area contributed by atoms with E-state index in [1.54, 1.807) is 0 Å². The number of rotatable bonds is 5. The van der Waals surface area contributed by atoms with E-state index >= 15 is 0 Å². The van der Waals surface area contributed by atoms with Gasteiger partial charge >= 0.3 is 0 Å². The second kappa shape index (κ2) is 6.58. The van der Waals surface area contributed by atoms with Crippen LogP contribution in [-0.4, -0.2) is 6.04 Å². The molecule has 18 heavy (non-hydrogen) atoms. The van der Waals surface area contributed by atoms with Gasteiger partial charge in [-0.2, -0.15) is 0 Å². The maximum absolute atomic E-state index is 6.38. The molecular formula is C16H24ClN. The molecule has 1 aromatic rings. The number of hydrogen-bond acceptors (Lipinski definition) is 1. The molecule has 1 unspecified atom stereocenters. The molecule has 1 nitrogen and oxygen atoms in total. The van der Waals surface area contributed by atoms with Gasteiger partial charge in [-0.05, 0) is 74.1 Å². The molecule has 0 spiro atoms. The molecule has 0 radical (unpaired) electrons. The third-order valence-corrected chi connectivity index (χ3v) is 4.41. The molecule has 0 saturated carbocycles. The van der Waals surface area contributed by atoms with Crippen molar-refractivity contribution >= 4 is 11.6 Å². The van der Waals surface area contributed by atoms with Crippen LogP contribution in [0, 0.1) is 0 Å². The van der Waals surface area contributed by atoms with Crippen LogP contribution >= 0.6 is 11.6 Å². The summed E-state index contributed by atoms with van der Waals surface area (Å²) in [5, 5.41) is 0.959.